The van der Waals surface area contributed by atoms with E-state index < -0.39 is 17.9 Å². The number of methoxy groups -OCH3 is 2. The summed E-state index contributed by atoms with van der Waals surface area (Å²) >= 11 is 0. The number of hydrogen-bond acceptors (Lipinski definition) is 6. The minimum atomic E-state index is -0.630. The lowest BCUT2D eigenvalue weighted by atomic mass is 9.96. The van der Waals surface area contributed by atoms with Crippen molar-refractivity contribution in [1.29, 1.82) is 0 Å². The Hall–Kier alpha value is -3.55. The summed E-state index contributed by atoms with van der Waals surface area (Å²) in [5.74, 6) is 0.207. The van der Waals surface area contributed by atoms with E-state index in [0.717, 1.165) is 27.3 Å². The van der Waals surface area contributed by atoms with E-state index in [0.29, 0.717) is 5.76 Å². The zero-order chi connectivity index (χ0) is 22.0. The third kappa shape index (κ3) is 4.07. The molecule has 8 nitrogen and oxygen atoms in total. The van der Waals surface area contributed by atoms with Gasteiger partial charge in [-0.3, -0.25) is 9.69 Å². The van der Waals surface area contributed by atoms with Crippen LogP contribution in [0.3, 0.4) is 0 Å². The molecule has 30 heavy (non-hydrogen) atoms. The second-order valence-corrected chi connectivity index (χ2v) is 7.24. The number of ether oxygens (including phenoxy) is 2. The minimum Gasteiger partial charge on any atom is -0.496 e. The average Bonchev–Trinajstić information content (AvgIpc) is 3.29. The smallest absolute Gasteiger partial charge is 0.373 e. The van der Waals surface area contributed by atoms with Gasteiger partial charge in [0, 0.05) is 0 Å². The number of amides is 3. The molecule has 0 unspecified atom stereocenters. The van der Waals surface area contributed by atoms with Gasteiger partial charge in [-0.25, -0.2) is 9.59 Å². The van der Waals surface area contributed by atoms with E-state index in [2.05, 4.69) is 23.9 Å². The van der Waals surface area contributed by atoms with Crippen molar-refractivity contribution in [2.75, 3.05) is 14.2 Å². The highest BCUT2D eigenvalue weighted by Gasteiger charge is 2.34. The van der Waals surface area contributed by atoms with Crippen LogP contribution in [0.1, 0.15) is 52.8 Å². The first-order chi connectivity index (χ1) is 14.2. The van der Waals surface area contributed by atoms with Crippen molar-refractivity contribution in [3.05, 3.63) is 58.2 Å². The minimum absolute atomic E-state index is 0.00499. The second-order valence-electron chi connectivity index (χ2n) is 7.24. The summed E-state index contributed by atoms with van der Waals surface area (Å²) in [7, 11) is 2.86. The molecule has 2 heterocycles. The summed E-state index contributed by atoms with van der Waals surface area (Å²) in [6.07, 6.45) is 1.66. The van der Waals surface area contributed by atoms with Crippen LogP contribution >= 0.6 is 0 Å². The molecular formula is C22H24N2O6. The predicted octanol–water partition coefficient (Wildman–Crippen LogP) is 3.60. The number of nitrogens with one attached hydrogen (secondary N) is 1. The summed E-state index contributed by atoms with van der Waals surface area (Å²) in [4.78, 5) is 37.7. The SMILES string of the molecule is COC(=O)c1ccc(CN2C(=O)N/C(=C\c3cc(C(C)C)c(OC)cc3C)C2=O)o1. The second kappa shape index (κ2) is 8.44. The molecule has 0 aliphatic carbocycles. The number of imide groups is 1. The largest absolute Gasteiger partial charge is 0.496 e. The Balaban J connectivity index is 1.85. The van der Waals surface area contributed by atoms with Crippen LogP contribution in [0.5, 0.6) is 5.75 Å². The van der Waals surface area contributed by atoms with E-state index in [9.17, 15) is 14.4 Å². The molecule has 8 heteroatoms. The average molecular weight is 412 g/mol. The van der Waals surface area contributed by atoms with E-state index in [4.69, 9.17) is 9.15 Å². The fourth-order valence-corrected chi connectivity index (χ4v) is 3.20. The maximum atomic E-state index is 12.8. The number of carbonyl (C=O) groups excluding carboxylic acids is 3. The number of benzene rings is 1. The predicted molar refractivity (Wildman–Crippen MR) is 109 cm³/mol. The van der Waals surface area contributed by atoms with Crippen molar-refractivity contribution in [2.45, 2.75) is 33.2 Å². The summed E-state index contributed by atoms with van der Waals surface area (Å²) in [6.45, 7) is 5.92. The molecule has 0 saturated carbocycles. The number of furan rings is 1. The summed E-state index contributed by atoms with van der Waals surface area (Å²) < 4.78 is 15.4. The summed E-state index contributed by atoms with van der Waals surface area (Å²) in [5, 5.41) is 2.60. The fourth-order valence-electron chi connectivity index (χ4n) is 3.20. The molecule has 1 N–H and O–H groups in total. The number of esters is 1. The molecule has 158 valence electrons. The van der Waals surface area contributed by atoms with Crippen molar-refractivity contribution >= 4 is 24.0 Å². The van der Waals surface area contributed by atoms with Crippen LogP contribution in [0.15, 0.2) is 34.4 Å². The van der Waals surface area contributed by atoms with Crippen LogP contribution in [0.2, 0.25) is 0 Å². The van der Waals surface area contributed by atoms with Gasteiger partial charge in [-0.1, -0.05) is 13.8 Å². The van der Waals surface area contributed by atoms with Gasteiger partial charge in [0.25, 0.3) is 5.91 Å². The lowest BCUT2D eigenvalue weighted by Crippen LogP contribution is -2.30. The van der Waals surface area contributed by atoms with E-state index in [-0.39, 0.29) is 23.9 Å². The Kier molecular flexibility index (Phi) is 5.96. The number of aryl methyl sites for hydroxylation is 1. The Labute approximate surface area is 174 Å². The lowest BCUT2D eigenvalue weighted by molar-refractivity contribution is -0.123. The molecule has 1 fully saturated rings. The van der Waals surface area contributed by atoms with Crippen LogP contribution in [0.4, 0.5) is 4.79 Å². The molecule has 0 atom stereocenters. The first-order valence-electron chi connectivity index (χ1n) is 9.45. The van der Waals surface area contributed by atoms with Crippen molar-refractivity contribution in [1.82, 2.24) is 10.2 Å². The molecule has 0 spiro atoms. The van der Waals surface area contributed by atoms with Gasteiger partial charge in [0.2, 0.25) is 5.76 Å². The summed E-state index contributed by atoms with van der Waals surface area (Å²) in [5.41, 5.74) is 2.91. The van der Waals surface area contributed by atoms with Gasteiger partial charge in [-0.15, -0.1) is 0 Å². The Morgan fingerprint density at radius 1 is 1.23 bits per heavy atom. The van der Waals surface area contributed by atoms with Crippen LogP contribution in [0.25, 0.3) is 6.08 Å². The molecule has 1 saturated heterocycles. The Morgan fingerprint density at radius 3 is 2.60 bits per heavy atom. The van der Waals surface area contributed by atoms with Crippen molar-refractivity contribution in [3.63, 3.8) is 0 Å². The van der Waals surface area contributed by atoms with Gasteiger partial charge in [-0.2, -0.15) is 0 Å². The number of carbonyl (C=O) groups is 3. The van der Waals surface area contributed by atoms with Crippen LogP contribution in [0, 0.1) is 6.92 Å². The molecule has 1 aromatic heterocycles. The molecule has 1 aliphatic heterocycles. The molecule has 2 aromatic rings. The molecule has 1 aromatic carbocycles. The Bertz CT molecular complexity index is 1030. The zero-order valence-electron chi connectivity index (χ0n) is 17.6. The van der Waals surface area contributed by atoms with Crippen molar-refractivity contribution in [2.24, 2.45) is 0 Å². The molecule has 3 amide bonds. The number of hydrogen-bond donors (Lipinski definition) is 1. The third-order valence-electron chi connectivity index (χ3n) is 4.86. The van der Waals surface area contributed by atoms with E-state index in [1.807, 2.05) is 19.1 Å². The highest BCUT2D eigenvalue weighted by molar-refractivity contribution is 6.14. The van der Waals surface area contributed by atoms with E-state index in [1.54, 1.807) is 13.2 Å². The lowest BCUT2D eigenvalue weighted by Gasteiger charge is -2.15. The van der Waals surface area contributed by atoms with E-state index >= 15 is 0 Å². The monoisotopic (exact) mass is 412 g/mol. The van der Waals surface area contributed by atoms with Crippen LogP contribution < -0.4 is 10.1 Å². The quantitative estimate of drug-likeness (QED) is 0.442. The maximum absolute atomic E-state index is 12.8. The van der Waals surface area contributed by atoms with E-state index in [1.165, 1.54) is 19.2 Å². The molecule has 0 radical (unpaired) electrons. The van der Waals surface area contributed by atoms with Gasteiger partial charge in [0.1, 0.15) is 17.2 Å². The van der Waals surface area contributed by atoms with Gasteiger partial charge in [0.05, 0.1) is 20.8 Å². The van der Waals surface area contributed by atoms with Gasteiger partial charge < -0.3 is 19.2 Å². The van der Waals surface area contributed by atoms with Crippen molar-refractivity contribution < 1.29 is 28.3 Å². The first-order valence-corrected chi connectivity index (χ1v) is 9.45. The maximum Gasteiger partial charge on any atom is 0.373 e. The van der Waals surface area contributed by atoms with Gasteiger partial charge >= 0.3 is 12.0 Å². The number of rotatable bonds is 6. The highest BCUT2D eigenvalue weighted by atomic mass is 16.5. The molecule has 1 aliphatic rings. The number of urea groups is 1. The molecular weight excluding hydrogens is 388 g/mol. The number of nitrogens with zero attached hydrogens (tertiary/aromatic N) is 1. The Morgan fingerprint density at radius 2 is 1.97 bits per heavy atom. The normalized spacial score (nSPS) is 15.1. The van der Waals surface area contributed by atoms with Crippen LogP contribution in [-0.4, -0.2) is 37.0 Å². The molecule has 0 bridgehead atoms. The summed E-state index contributed by atoms with van der Waals surface area (Å²) in [6, 6.07) is 6.28. The molecule has 3 rings (SSSR count). The standard InChI is InChI=1S/C22H24N2O6/c1-12(2)16-9-14(13(3)8-19(16)28-4)10-17-20(25)24(22(27)23-17)11-15-6-7-18(30-15)21(26)29-5/h6-10,12H,11H2,1-5H3,(H,23,27)/b17-10-. The topological polar surface area (TPSA) is 98.1 Å². The first kappa shape index (κ1) is 21.2. The van der Waals surface area contributed by atoms with Gasteiger partial charge in [0.15, 0.2) is 0 Å². The van der Waals surface area contributed by atoms with Crippen molar-refractivity contribution in [3.8, 4) is 5.75 Å². The fraction of sp³-hybridized carbons (Fsp3) is 0.318. The van der Waals surface area contributed by atoms with Crippen LogP contribution in [-0.2, 0) is 16.1 Å². The third-order valence-corrected chi connectivity index (χ3v) is 4.86. The highest BCUT2D eigenvalue weighted by Crippen LogP contribution is 2.31. The zero-order valence-corrected chi connectivity index (χ0v) is 17.6. The van der Waals surface area contributed by atoms with Gasteiger partial charge in [-0.05, 0) is 59.9 Å².